The van der Waals surface area contributed by atoms with Crippen molar-refractivity contribution < 1.29 is 23.8 Å². The Morgan fingerprint density at radius 1 is 0.935 bits per heavy atom. The fraction of sp³-hybridized carbons (Fsp3) is 0.200. The highest BCUT2D eigenvalue weighted by Gasteiger charge is 2.36. The maximum Gasteiger partial charge on any atom is 0.321 e. The number of hydrogen-bond donors (Lipinski definition) is 2. The molecule has 6 heteroatoms. The van der Waals surface area contributed by atoms with Crippen molar-refractivity contribution in [2.75, 3.05) is 6.61 Å². The minimum absolute atomic E-state index is 0.0277. The Kier molecular flexibility index (Phi) is 5.82. The number of hydrogen-bond acceptors (Lipinski definition) is 4. The number of aliphatic carboxylic acids is 1. The second kappa shape index (κ2) is 8.70. The van der Waals surface area contributed by atoms with Crippen LogP contribution in [0.5, 0.6) is 0 Å². The van der Waals surface area contributed by atoms with E-state index in [9.17, 15) is 19.1 Å². The molecular formula is C25H22FNO4. The number of benzene rings is 3. The Morgan fingerprint density at radius 2 is 1.48 bits per heavy atom. The number of nitrogens with two attached hydrogens (primary N) is 1. The van der Waals surface area contributed by atoms with Crippen LogP contribution in [0.25, 0.3) is 11.1 Å². The zero-order chi connectivity index (χ0) is 22.0. The molecule has 0 aromatic heterocycles. The van der Waals surface area contributed by atoms with Gasteiger partial charge in [0.1, 0.15) is 12.4 Å². The molecule has 0 bridgehead atoms. The number of fused-ring (bicyclic) bond motifs is 3. The van der Waals surface area contributed by atoms with E-state index in [2.05, 4.69) is 0 Å². The maximum absolute atomic E-state index is 13.1. The molecule has 0 heterocycles. The average Bonchev–Trinajstić information content (AvgIpc) is 3.07. The van der Waals surface area contributed by atoms with E-state index in [1.807, 2.05) is 48.5 Å². The summed E-state index contributed by atoms with van der Waals surface area (Å²) in [7, 11) is 0. The minimum Gasteiger partial charge on any atom is -0.481 e. The van der Waals surface area contributed by atoms with Crippen LogP contribution in [0.2, 0.25) is 0 Å². The highest BCUT2D eigenvalue weighted by molar-refractivity contribution is 5.95. The van der Waals surface area contributed by atoms with Crippen molar-refractivity contribution in [2.24, 2.45) is 11.7 Å². The van der Waals surface area contributed by atoms with Crippen LogP contribution in [0.1, 0.15) is 22.6 Å². The third kappa shape index (κ3) is 4.20. The largest absolute Gasteiger partial charge is 0.481 e. The number of carboxylic acid groups (broad SMARTS) is 1. The first kappa shape index (κ1) is 20.8. The summed E-state index contributed by atoms with van der Waals surface area (Å²) in [4.78, 5) is 24.5. The van der Waals surface area contributed by atoms with Crippen LogP contribution in [0.4, 0.5) is 4.39 Å². The first-order valence-electron chi connectivity index (χ1n) is 10.0. The van der Waals surface area contributed by atoms with E-state index in [4.69, 9.17) is 10.5 Å². The monoisotopic (exact) mass is 419 g/mol. The number of carbonyl (C=O) groups is 2. The van der Waals surface area contributed by atoms with Gasteiger partial charge in [-0.2, -0.15) is 0 Å². The molecule has 0 unspecified atom stereocenters. The van der Waals surface area contributed by atoms with Gasteiger partial charge in [0.25, 0.3) is 0 Å². The topological polar surface area (TPSA) is 89.6 Å². The number of halogens is 1. The van der Waals surface area contributed by atoms with Gasteiger partial charge in [-0.1, -0.05) is 60.7 Å². The lowest BCUT2D eigenvalue weighted by atomic mass is 9.94. The highest BCUT2D eigenvalue weighted by atomic mass is 19.1. The normalized spacial score (nSPS) is 14.4. The Morgan fingerprint density at radius 3 is 2.03 bits per heavy atom. The molecule has 3 aromatic rings. The van der Waals surface area contributed by atoms with Gasteiger partial charge in [0, 0.05) is 12.0 Å². The molecule has 0 saturated carbocycles. The van der Waals surface area contributed by atoms with E-state index >= 15 is 0 Å². The standard InChI is InChI=1S/C25H22FNO4/c26-16-11-9-15(10-12-16)13-22(27)23(24(28)29)25(30)31-14-21-19-7-3-1-5-17(19)18-6-2-4-8-20(18)21/h1-12,21-23H,13-14,27H2,(H,28,29)/t22-,23+/m0/s1. The molecule has 0 spiro atoms. The molecule has 0 fully saturated rings. The lowest BCUT2D eigenvalue weighted by Gasteiger charge is -2.21. The summed E-state index contributed by atoms with van der Waals surface area (Å²) in [5.74, 6) is -4.30. The zero-order valence-electron chi connectivity index (χ0n) is 16.7. The zero-order valence-corrected chi connectivity index (χ0v) is 16.7. The Bertz CT molecular complexity index is 1070. The van der Waals surface area contributed by atoms with Crippen LogP contribution in [0.3, 0.4) is 0 Å². The van der Waals surface area contributed by atoms with Gasteiger partial charge >= 0.3 is 11.9 Å². The summed E-state index contributed by atoms with van der Waals surface area (Å²) in [5.41, 5.74) is 10.9. The minimum atomic E-state index is -1.52. The molecule has 2 atom stereocenters. The third-order valence-corrected chi connectivity index (χ3v) is 5.69. The fourth-order valence-corrected chi connectivity index (χ4v) is 4.16. The van der Waals surface area contributed by atoms with Gasteiger partial charge in [0.2, 0.25) is 0 Å². The number of ether oxygens (including phenoxy) is 1. The van der Waals surface area contributed by atoms with Crippen molar-refractivity contribution in [3.05, 3.63) is 95.3 Å². The second-order valence-corrected chi connectivity index (χ2v) is 7.67. The summed E-state index contributed by atoms with van der Waals surface area (Å²) in [6.07, 6.45) is 0.113. The molecule has 4 rings (SSSR count). The molecule has 3 aromatic carbocycles. The SMILES string of the molecule is N[C@@H](Cc1ccc(F)cc1)[C@H](C(=O)O)C(=O)OCC1c2ccccc2-c2ccccc21. The van der Waals surface area contributed by atoms with Gasteiger partial charge in [0.15, 0.2) is 5.92 Å². The van der Waals surface area contributed by atoms with E-state index in [0.717, 1.165) is 22.3 Å². The molecule has 5 nitrogen and oxygen atoms in total. The van der Waals surface area contributed by atoms with Gasteiger partial charge in [-0.3, -0.25) is 9.59 Å². The molecule has 3 N–H and O–H groups in total. The van der Waals surface area contributed by atoms with Crippen molar-refractivity contribution in [1.29, 1.82) is 0 Å². The van der Waals surface area contributed by atoms with Crippen LogP contribution in [-0.4, -0.2) is 29.7 Å². The van der Waals surface area contributed by atoms with Crippen LogP contribution >= 0.6 is 0 Å². The molecule has 0 aliphatic heterocycles. The smallest absolute Gasteiger partial charge is 0.321 e. The van der Waals surface area contributed by atoms with E-state index in [1.54, 1.807) is 0 Å². The third-order valence-electron chi connectivity index (χ3n) is 5.69. The predicted octanol–water partition coefficient (Wildman–Crippen LogP) is 3.75. The lowest BCUT2D eigenvalue weighted by Crippen LogP contribution is -2.43. The van der Waals surface area contributed by atoms with Gasteiger partial charge in [-0.25, -0.2) is 4.39 Å². The Balaban J connectivity index is 1.49. The lowest BCUT2D eigenvalue weighted by molar-refractivity contribution is -0.159. The Hall–Kier alpha value is -3.51. The van der Waals surface area contributed by atoms with E-state index in [1.165, 1.54) is 24.3 Å². The van der Waals surface area contributed by atoms with Gasteiger partial charge < -0.3 is 15.6 Å². The summed E-state index contributed by atoms with van der Waals surface area (Å²) in [5, 5.41) is 9.60. The molecule has 0 radical (unpaired) electrons. The summed E-state index contributed by atoms with van der Waals surface area (Å²) in [6, 6.07) is 20.4. The highest BCUT2D eigenvalue weighted by Crippen LogP contribution is 2.44. The Labute approximate surface area is 179 Å². The molecule has 0 amide bonds. The molecule has 1 aliphatic carbocycles. The van der Waals surface area contributed by atoms with Crippen LogP contribution in [0, 0.1) is 11.7 Å². The van der Waals surface area contributed by atoms with Gasteiger partial charge in [-0.15, -0.1) is 0 Å². The maximum atomic E-state index is 13.1. The van der Waals surface area contributed by atoms with E-state index in [0.29, 0.717) is 5.56 Å². The number of carboxylic acids is 1. The summed E-state index contributed by atoms with van der Waals surface area (Å²) < 4.78 is 18.6. The first-order valence-corrected chi connectivity index (χ1v) is 10.0. The molecule has 31 heavy (non-hydrogen) atoms. The fourth-order valence-electron chi connectivity index (χ4n) is 4.16. The quantitative estimate of drug-likeness (QED) is 0.450. The number of rotatable bonds is 7. The van der Waals surface area contributed by atoms with Crippen LogP contribution in [-0.2, 0) is 20.7 Å². The average molecular weight is 419 g/mol. The summed E-state index contributed by atoms with van der Waals surface area (Å²) >= 11 is 0. The predicted molar refractivity (Wildman–Crippen MR) is 114 cm³/mol. The van der Waals surface area contributed by atoms with Crippen molar-refractivity contribution in [2.45, 2.75) is 18.4 Å². The summed E-state index contributed by atoms with van der Waals surface area (Å²) in [6.45, 7) is 0.0277. The molecule has 158 valence electrons. The van der Waals surface area contributed by atoms with Crippen molar-refractivity contribution in [1.82, 2.24) is 0 Å². The molecule has 1 aliphatic rings. The van der Waals surface area contributed by atoms with Crippen LogP contribution < -0.4 is 5.73 Å². The number of carbonyl (C=O) groups excluding carboxylic acids is 1. The first-order chi connectivity index (χ1) is 15.0. The molecular weight excluding hydrogens is 397 g/mol. The van der Waals surface area contributed by atoms with Crippen molar-refractivity contribution in [3.8, 4) is 11.1 Å². The van der Waals surface area contributed by atoms with Gasteiger partial charge in [0.05, 0.1) is 0 Å². The van der Waals surface area contributed by atoms with E-state index in [-0.39, 0.29) is 18.9 Å². The number of esters is 1. The van der Waals surface area contributed by atoms with Crippen molar-refractivity contribution >= 4 is 11.9 Å². The second-order valence-electron chi connectivity index (χ2n) is 7.67. The van der Waals surface area contributed by atoms with Crippen LogP contribution in [0.15, 0.2) is 72.8 Å². The van der Waals surface area contributed by atoms with Crippen molar-refractivity contribution in [3.63, 3.8) is 0 Å². The molecule has 0 saturated heterocycles. The van der Waals surface area contributed by atoms with Gasteiger partial charge in [-0.05, 0) is 46.4 Å². The van der Waals surface area contributed by atoms with E-state index < -0.39 is 29.7 Å².